The van der Waals surface area contributed by atoms with E-state index in [1.807, 2.05) is 0 Å². The Kier molecular flexibility index (Phi) is 7.16. The summed E-state index contributed by atoms with van der Waals surface area (Å²) in [5.74, 6) is 0.0525. The van der Waals surface area contributed by atoms with Crippen molar-refractivity contribution in [2.45, 2.75) is 19.8 Å². The molecule has 0 fully saturated rings. The summed E-state index contributed by atoms with van der Waals surface area (Å²) in [7, 11) is -2.13. The molecule has 2 rings (SSSR count). The summed E-state index contributed by atoms with van der Waals surface area (Å²) in [6.07, 6.45) is 1.39. The second-order valence-corrected chi connectivity index (χ2v) is 8.27. The predicted octanol–water partition coefficient (Wildman–Crippen LogP) is 3.10. The highest BCUT2D eigenvalue weighted by Crippen LogP contribution is 2.30. The Hall–Kier alpha value is -3.14. The summed E-state index contributed by atoms with van der Waals surface area (Å²) in [5.41, 5.74) is 1.03. The van der Waals surface area contributed by atoms with Crippen molar-refractivity contribution in [1.82, 2.24) is 0 Å². The van der Waals surface area contributed by atoms with Crippen LogP contribution in [0.3, 0.4) is 0 Å². The third-order valence-corrected chi connectivity index (χ3v) is 5.48. The monoisotopic (exact) mass is 421 g/mol. The Bertz CT molecular complexity index is 1010. The number of nitro groups is 1. The summed E-state index contributed by atoms with van der Waals surface area (Å²) in [6.45, 7) is 1.64. The first-order valence-electron chi connectivity index (χ1n) is 8.79. The lowest BCUT2D eigenvalue weighted by molar-refractivity contribution is -0.385. The maximum atomic E-state index is 12.3. The number of nitrogens with zero attached hydrogens (tertiary/aromatic N) is 2. The average molecular weight is 421 g/mol. The van der Waals surface area contributed by atoms with Crippen LogP contribution >= 0.6 is 0 Å². The van der Waals surface area contributed by atoms with Crippen LogP contribution in [0, 0.1) is 17.0 Å². The van der Waals surface area contributed by atoms with Crippen LogP contribution in [0.15, 0.2) is 42.5 Å². The van der Waals surface area contributed by atoms with Crippen LogP contribution in [-0.4, -0.2) is 39.2 Å². The van der Waals surface area contributed by atoms with Gasteiger partial charge in [-0.2, -0.15) is 0 Å². The van der Waals surface area contributed by atoms with Crippen LogP contribution in [0.5, 0.6) is 5.75 Å². The molecule has 10 heteroatoms. The molecule has 0 spiro atoms. The van der Waals surface area contributed by atoms with E-state index < -0.39 is 14.9 Å². The van der Waals surface area contributed by atoms with Crippen molar-refractivity contribution < 1.29 is 22.9 Å². The number of hydrogen-bond acceptors (Lipinski definition) is 6. The number of methoxy groups -OCH3 is 1. The molecule has 0 aromatic heterocycles. The number of carbonyl (C=O) groups is 1. The van der Waals surface area contributed by atoms with Gasteiger partial charge in [0.1, 0.15) is 5.75 Å². The lowest BCUT2D eigenvalue weighted by Crippen LogP contribution is -2.31. The Morgan fingerprint density at radius 2 is 1.90 bits per heavy atom. The van der Waals surface area contributed by atoms with Crippen LogP contribution in [-0.2, 0) is 14.8 Å². The number of rotatable bonds is 9. The standard InChI is InChI=1S/C19H23N3O6S/c1-14-15(8-6-10-16(14)22(24)25)20-19(23)12-7-13-21(29(3,26)27)17-9-4-5-11-18(17)28-2/h4-6,8-11H,7,12-13H2,1-3H3,(H,20,23). The molecule has 1 N–H and O–H groups in total. The highest BCUT2D eigenvalue weighted by Gasteiger charge is 2.21. The van der Waals surface area contributed by atoms with Gasteiger partial charge in [0.15, 0.2) is 0 Å². The van der Waals surface area contributed by atoms with Gasteiger partial charge in [0, 0.05) is 19.0 Å². The minimum absolute atomic E-state index is 0.0449. The molecule has 0 unspecified atom stereocenters. The minimum Gasteiger partial charge on any atom is -0.495 e. The quantitative estimate of drug-likeness (QED) is 0.491. The van der Waals surface area contributed by atoms with Gasteiger partial charge in [-0.05, 0) is 31.5 Å². The van der Waals surface area contributed by atoms with E-state index in [4.69, 9.17) is 4.74 Å². The number of sulfonamides is 1. The van der Waals surface area contributed by atoms with Gasteiger partial charge < -0.3 is 10.1 Å². The summed E-state index contributed by atoms with van der Waals surface area (Å²) in [5, 5.41) is 13.7. The SMILES string of the molecule is COc1ccccc1N(CCCC(=O)Nc1cccc([N+](=O)[O-])c1C)S(C)(=O)=O. The molecule has 0 atom stereocenters. The predicted molar refractivity (Wildman–Crippen MR) is 111 cm³/mol. The second-order valence-electron chi connectivity index (χ2n) is 6.37. The molecule has 0 aliphatic rings. The first kappa shape index (κ1) is 22.2. The summed E-state index contributed by atoms with van der Waals surface area (Å²) in [4.78, 5) is 22.8. The van der Waals surface area contributed by atoms with E-state index in [2.05, 4.69) is 5.32 Å². The lowest BCUT2D eigenvalue weighted by Gasteiger charge is -2.24. The largest absolute Gasteiger partial charge is 0.495 e. The lowest BCUT2D eigenvalue weighted by atomic mass is 10.1. The van der Waals surface area contributed by atoms with Gasteiger partial charge >= 0.3 is 0 Å². The summed E-state index contributed by atoms with van der Waals surface area (Å²) >= 11 is 0. The highest BCUT2D eigenvalue weighted by atomic mass is 32.2. The molecule has 9 nitrogen and oxygen atoms in total. The van der Waals surface area contributed by atoms with Gasteiger partial charge in [-0.1, -0.05) is 18.2 Å². The third-order valence-electron chi connectivity index (χ3n) is 4.30. The first-order chi connectivity index (χ1) is 13.6. The second kappa shape index (κ2) is 9.37. The van der Waals surface area contributed by atoms with Crippen molar-refractivity contribution in [3.8, 4) is 5.75 Å². The van der Waals surface area contributed by atoms with Crippen LogP contribution in [0.4, 0.5) is 17.1 Å². The average Bonchev–Trinajstić information content (AvgIpc) is 2.65. The van der Waals surface area contributed by atoms with Crippen molar-refractivity contribution in [3.63, 3.8) is 0 Å². The van der Waals surface area contributed by atoms with Gasteiger partial charge in [0.05, 0.1) is 35.2 Å². The summed E-state index contributed by atoms with van der Waals surface area (Å²) < 4.78 is 30.9. The van der Waals surface area contributed by atoms with E-state index in [-0.39, 0.29) is 31.0 Å². The van der Waals surface area contributed by atoms with Gasteiger partial charge in [-0.3, -0.25) is 19.2 Å². The number of para-hydroxylation sites is 2. The zero-order valence-corrected chi connectivity index (χ0v) is 17.2. The van der Waals surface area contributed by atoms with Crippen LogP contribution in [0.2, 0.25) is 0 Å². The van der Waals surface area contributed by atoms with Crippen molar-refractivity contribution >= 4 is 33.0 Å². The molecule has 1 amide bonds. The molecule has 156 valence electrons. The van der Waals surface area contributed by atoms with Gasteiger partial charge in [-0.25, -0.2) is 8.42 Å². The van der Waals surface area contributed by atoms with Crippen molar-refractivity contribution in [3.05, 3.63) is 58.1 Å². The van der Waals surface area contributed by atoms with Crippen molar-refractivity contribution in [2.24, 2.45) is 0 Å². The van der Waals surface area contributed by atoms with Gasteiger partial charge in [-0.15, -0.1) is 0 Å². The first-order valence-corrected chi connectivity index (χ1v) is 10.6. The molecular weight excluding hydrogens is 398 g/mol. The maximum Gasteiger partial charge on any atom is 0.274 e. The molecule has 0 heterocycles. The fraction of sp³-hybridized carbons (Fsp3) is 0.316. The fourth-order valence-corrected chi connectivity index (χ4v) is 3.82. The molecule has 0 aliphatic heterocycles. The Morgan fingerprint density at radius 1 is 1.21 bits per heavy atom. The number of nitrogens with one attached hydrogen (secondary N) is 1. The number of benzene rings is 2. The van der Waals surface area contributed by atoms with E-state index >= 15 is 0 Å². The van der Waals surface area contributed by atoms with Gasteiger partial charge in [0.25, 0.3) is 5.69 Å². The minimum atomic E-state index is -3.58. The number of carbonyl (C=O) groups excluding carboxylic acids is 1. The Labute approximate surface area is 169 Å². The van der Waals surface area contributed by atoms with E-state index in [1.54, 1.807) is 37.3 Å². The molecule has 2 aromatic carbocycles. The molecule has 29 heavy (non-hydrogen) atoms. The molecule has 0 bridgehead atoms. The topological polar surface area (TPSA) is 119 Å². The third kappa shape index (κ3) is 5.67. The maximum absolute atomic E-state index is 12.3. The fourth-order valence-electron chi connectivity index (χ4n) is 2.85. The molecule has 0 saturated carbocycles. The number of hydrogen-bond donors (Lipinski definition) is 1. The molecular formula is C19H23N3O6S. The van der Waals surface area contributed by atoms with Crippen molar-refractivity contribution in [1.29, 1.82) is 0 Å². The number of ether oxygens (including phenoxy) is 1. The van der Waals surface area contributed by atoms with E-state index in [0.29, 0.717) is 22.7 Å². The number of amides is 1. The number of anilines is 2. The Balaban J connectivity index is 2.06. The smallest absolute Gasteiger partial charge is 0.274 e. The molecule has 0 aliphatic carbocycles. The van der Waals surface area contributed by atoms with E-state index in [0.717, 1.165) is 6.26 Å². The van der Waals surface area contributed by atoms with E-state index in [9.17, 15) is 23.3 Å². The highest BCUT2D eigenvalue weighted by molar-refractivity contribution is 7.92. The summed E-state index contributed by atoms with van der Waals surface area (Å²) in [6, 6.07) is 11.2. The van der Waals surface area contributed by atoms with Crippen LogP contribution in [0.25, 0.3) is 0 Å². The van der Waals surface area contributed by atoms with Crippen LogP contribution in [0.1, 0.15) is 18.4 Å². The zero-order valence-electron chi connectivity index (χ0n) is 16.4. The van der Waals surface area contributed by atoms with Crippen LogP contribution < -0.4 is 14.4 Å². The number of nitro benzene ring substituents is 1. The van der Waals surface area contributed by atoms with E-state index in [1.165, 1.54) is 23.5 Å². The molecule has 0 saturated heterocycles. The van der Waals surface area contributed by atoms with Crippen molar-refractivity contribution in [2.75, 3.05) is 29.5 Å². The normalized spacial score (nSPS) is 11.0. The zero-order chi connectivity index (χ0) is 21.6. The molecule has 2 aromatic rings. The molecule has 0 radical (unpaired) electrons. The Morgan fingerprint density at radius 3 is 2.52 bits per heavy atom. The van der Waals surface area contributed by atoms with Gasteiger partial charge in [0.2, 0.25) is 15.9 Å².